The summed E-state index contributed by atoms with van der Waals surface area (Å²) in [5, 5.41) is 17.1. The highest BCUT2D eigenvalue weighted by atomic mass is 16.3. The van der Waals surface area contributed by atoms with Gasteiger partial charge < -0.3 is 18.0 Å². The fourth-order valence-corrected chi connectivity index (χ4v) is 11.7. The molecule has 0 saturated carbocycles. The first-order valence-corrected chi connectivity index (χ1v) is 20.5. The molecule has 4 nitrogen and oxygen atoms in total. The molecule has 0 bridgehead atoms. The molecule has 0 amide bonds. The molecule has 0 saturated heterocycles. The second kappa shape index (κ2) is 9.85. The standard InChI is InChI=1S/C54H27BN2O2/c1-4-12-31-28(9-1)19-21-45-49(31)38-24-36-34-15-7-17-40-52(34)56(42(36)26-47(38)58-45)44-23-30-11-3-6-14-33(30)54-51(44)55(40)41-18-8-16-35-37-25-39-48(27-43(37)57(54)53(35)41)59-46-22-20-29-10-2-5-13-32(29)50(39)46/h1-27H. The molecule has 16 rings (SSSR count). The molecule has 10 aromatic carbocycles. The van der Waals surface area contributed by atoms with Crippen LogP contribution in [-0.2, 0) is 0 Å². The number of aromatic nitrogens is 2. The third-order valence-corrected chi connectivity index (χ3v) is 14.0. The fourth-order valence-electron chi connectivity index (χ4n) is 11.7. The van der Waals surface area contributed by atoms with E-state index in [2.05, 4.69) is 173 Å². The van der Waals surface area contributed by atoms with Gasteiger partial charge in [-0.15, -0.1) is 0 Å². The van der Waals surface area contributed by atoms with Crippen LogP contribution in [-0.4, -0.2) is 15.8 Å². The Balaban J connectivity index is 1.08. The molecule has 59 heavy (non-hydrogen) atoms. The van der Waals surface area contributed by atoms with Gasteiger partial charge in [-0.2, -0.15) is 0 Å². The van der Waals surface area contributed by atoms with Crippen LogP contribution in [0.3, 0.4) is 0 Å². The van der Waals surface area contributed by atoms with E-state index < -0.39 is 0 Å². The van der Waals surface area contributed by atoms with E-state index in [1.807, 2.05) is 0 Å². The number of furan rings is 2. The maximum atomic E-state index is 6.74. The Hall–Kier alpha value is -7.76. The van der Waals surface area contributed by atoms with Gasteiger partial charge in [0.25, 0.3) is 6.71 Å². The predicted molar refractivity (Wildman–Crippen MR) is 247 cm³/mol. The molecular formula is C54H27BN2O2. The Morgan fingerprint density at radius 1 is 0.356 bits per heavy atom. The molecule has 0 atom stereocenters. The number of nitrogens with zero attached hydrogens (tertiary/aromatic N) is 2. The van der Waals surface area contributed by atoms with Crippen molar-refractivity contribution in [2.75, 3.05) is 0 Å². The number of hydrogen-bond donors (Lipinski definition) is 0. The van der Waals surface area contributed by atoms with Gasteiger partial charge in [0.05, 0.1) is 16.7 Å². The highest BCUT2D eigenvalue weighted by molar-refractivity contribution is 7.00. The maximum Gasteiger partial charge on any atom is 0.252 e. The van der Waals surface area contributed by atoms with E-state index in [0.717, 1.165) is 44.1 Å². The minimum atomic E-state index is 0.0474. The van der Waals surface area contributed by atoms with E-state index in [1.54, 1.807) is 0 Å². The van der Waals surface area contributed by atoms with Crippen molar-refractivity contribution in [3.05, 3.63) is 164 Å². The lowest BCUT2D eigenvalue weighted by Crippen LogP contribution is -2.59. The summed E-state index contributed by atoms with van der Waals surface area (Å²) in [5.74, 6) is 0. The summed E-state index contributed by atoms with van der Waals surface area (Å²) >= 11 is 0. The lowest BCUT2D eigenvalue weighted by atomic mass is 9.34. The van der Waals surface area contributed by atoms with Crippen molar-refractivity contribution in [2.45, 2.75) is 0 Å². The van der Waals surface area contributed by atoms with Crippen LogP contribution in [0, 0.1) is 0 Å². The van der Waals surface area contributed by atoms with Crippen molar-refractivity contribution in [3.8, 4) is 11.4 Å². The second-order valence-electron chi connectivity index (χ2n) is 16.7. The quantitative estimate of drug-likeness (QED) is 0.145. The summed E-state index contributed by atoms with van der Waals surface area (Å²) < 4.78 is 18.6. The SMILES string of the molecule is c1ccc2c3c4c(cc2c1)-n1c2cc5oc6ccc7ccccc7c6c5cc2c2cccc(c21)B4c1cccc2c4cc5c(cc4n-3c12)oc1ccc2ccccc2c15. The van der Waals surface area contributed by atoms with E-state index >= 15 is 0 Å². The largest absolute Gasteiger partial charge is 0.456 e. The first kappa shape index (κ1) is 29.5. The Kier molecular flexibility index (Phi) is 4.92. The third-order valence-electron chi connectivity index (χ3n) is 14.0. The number of rotatable bonds is 0. The summed E-state index contributed by atoms with van der Waals surface area (Å²) in [6.07, 6.45) is 0. The van der Waals surface area contributed by atoms with Crippen LogP contribution in [0.2, 0.25) is 0 Å². The lowest BCUT2D eigenvalue weighted by molar-refractivity contribution is 0.669. The molecule has 2 aliphatic rings. The van der Waals surface area contributed by atoms with E-state index in [1.165, 1.54) is 103 Å². The molecule has 4 aromatic heterocycles. The first-order chi connectivity index (χ1) is 29.3. The molecule has 0 radical (unpaired) electrons. The van der Waals surface area contributed by atoms with Crippen LogP contribution in [0.25, 0.3) is 131 Å². The molecular weight excluding hydrogens is 719 g/mol. The van der Waals surface area contributed by atoms with Gasteiger partial charge in [0.1, 0.15) is 22.3 Å². The van der Waals surface area contributed by atoms with E-state index in [-0.39, 0.29) is 6.71 Å². The number of hydrogen-bond acceptors (Lipinski definition) is 2. The minimum Gasteiger partial charge on any atom is -0.456 e. The summed E-state index contributed by atoms with van der Waals surface area (Å²) in [7, 11) is 0. The third kappa shape index (κ3) is 3.34. The second-order valence-corrected chi connectivity index (χ2v) is 16.7. The smallest absolute Gasteiger partial charge is 0.252 e. The Labute approximate surface area is 334 Å². The van der Waals surface area contributed by atoms with Crippen LogP contribution in [0.4, 0.5) is 0 Å². The van der Waals surface area contributed by atoms with Crippen molar-refractivity contribution in [3.63, 3.8) is 0 Å². The van der Waals surface area contributed by atoms with Crippen LogP contribution < -0.4 is 16.4 Å². The summed E-state index contributed by atoms with van der Waals surface area (Å²) in [6.45, 7) is 0.0474. The Morgan fingerprint density at radius 2 is 0.864 bits per heavy atom. The molecule has 5 heteroatoms. The number of benzene rings is 10. The molecule has 0 fully saturated rings. The molecule has 2 aliphatic heterocycles. The van der Waals surface area contributed by atoms with Gasteiger partial charge >= 0.3 is 0 Å². The van der Waals surface area contributed by atoms with Crippen molar-refractivity contribution < 1.29 is 8.83 Å². The highest BCUT2D eigenvalue weighted by Crippen LogP contribution is 2.46. The summed E-state index contributed by atoms with van der Waals surface area (Å²) in [4.78, 5) is 0. The minimum absolute atomic E-state index is 0.0474. The van der Waals surface area contributed by atoms with Gasteiger partial charge in [-0.05, 0) is 73.7 Å². The van der Waals surface area contributed by atoms with E-state index in [9.17, 15) is 0 Å². The van der Waals surface area contributed by atoms with Crippen molar-refractivity contribution in [1.29, 1.82) is 0 Å². The lowest BCUT2D eigenvalue weighted by Gasteiger charge is -2.34. The van der Waals surface area contributed by atoms with E-state index in [0.29, 0.717) is 0 Å². The van der Waals surface area contributed by atoms with Crippen LogP contribution in [0.15, 0.2) is 173 Å². The fraction of sp³-hybridized carbons (Fsp3) is 0. The highest BCUT2D eigenvalue weighted by Gasteiger charge is 2.41. The van der Waals surface area contributed by atoms with Gasteiger partial charge in [-0.1, -0.05) is 121 Å². The number of fused-ring (bicyclic) bond motifs is 22. The van der Waals surface area contributed by atoms with Gasteiger partial charge in [0.2, 0.25) is 0 Å². The predicted octanol–water partition coefficient (Wildman–Crippen LogP) is 12.3. The normalized spacial score (nSPS) is 13.4. The first-order valence-electron chi connectivity index (χ1n) is 20.5. The van der Waals surface area contributed by atoms with Gasteiger partial charge in [0, 0.05) is 77.3 Å². The monoisotopic (exact) mass is 746 g/mol. The summed E-state index contributed by atoms with van der Waals surface area (Å²) in [5.41, 5.74) is 15.0. The molecule has 0 unspecified atom stereocenters. The average Bonchev–Trinajstić information content (AvgIpc) is 4.03. The van der Waals surface area contributed by atoms with E-state index in [4.69, 9.17) is 8.83 Å². The topological polar surface area (TPSA) is 36.1 Å². The Bertz CT molecular complexity index is 4330. The van der Waals surface area contributed by atoms with Crippen LogP contribution in [0.5, 0.6) is 0 Å². The molecule has 0 N–H and O–H groups in total. The van der Waals surface area contributed by atoms with Crippen molar-refractivity contribution in [2.24, 2.45) is 0 Å². The van der Waals surface area contributed by atoms with Gasteiger partial charge in [-0.3, -0.25) is 0 Å². The zero-order valence-corrected chi connectivity index (χ0v) is 31.4. The molecule has 6 heterocycles. The zero-order chi connectivity index (χ0) is 37.8. The average molecular weight is 747 g/mol. The van der Waals surface area contributed by atoms with Gasteiger partial charge in [-0.25, -0.2) is 0 Å². The molecule has 14 aromatic rings. The summed E-state index contributed by atoms with van der Waals surface area (Å²) in [6, 6.07) is 60.6. The zero-order valence-electron chi connectivity index (χ0n) is 31.4. The molecule has 268 valence electrons. The van der Waals surface area contributed by atoms with Crippen LogP contribution >= 0.6 is 0 Å². The maximum absolute atomic E-state index is 6.74. The van der Waals surface area contributed by atoms with Gasteiger partial charge in [0.15, 0.2) is 0 Å². The molecule has 0 spiro atoms. The molecule has 0 aliphatic carbocycles. The van der Waals surface area contributed by atoms with Crippen molar-refractivity contribution >= 4 is 143 Å². The number of para-hydroxylation sites is 2. The Morgan fingerprint density at radius 3 is 1.47 bits per heavy atom. The van der Waals surface area contributed by atoms with Crippen LogP contribution in [0.1, 0.15) is 0 Å². The van der Waals surface area contributed by atoms with Crippen molar-refractivity contribution in [1.82, 2.24) is 9.13 Å².